The average Bonchev–Trinajstić information content (AvgIpc) is 2.33. The standard InChI is InChI=1S/C7H8NO/c1-2-5-8-7(3-1)4-6-9-8/h1-3,5H,4,6H2/q+1. The number of hydrogen-bond acceptors (Lipinski definition) is 1. The minimum absolute atomic E-state index is 0.823. The Morgan fingerprint density at radius 2 is 2.44 bits per heavy atom. The van der Waals surface area contributed by atoms with Crippen LogP contribution in [0.2, 0.25) is 0 Å². The highest BCUT2D eigenvalue weighted by atomic mass is 16.7. The summed E-state index contributed by atoms with van der Waals surface area (Å²) in [6, 6.07) is 6.07. The van der Waals surface area contributed by atoms with Crippen LogP contribution in [0.4, 0.5) is 0 Å². The first-order valence-corrected chi connectivity index (χ1v) is 3.10. The highest BCUT2D eigenvalue weighted by Gasteiger charge is 2.18. The molecule has 0 bridgehead atoms. The summed E-state index contributed by atoms with van der Waals surface area (Å²) in [7, 11) is 0. The maximum absolute atomic E-state index is 5.22. The van der Waals surface area contributed by atoms with Gasteiger partial charge in [-0.3, -0.25) is 4.84 Å². The van der Waals surface area contributed by atoms with Crippen molar-refractivity contribution in [3.8, 4) is 0 Å². The molecule has 0 amide bonds. The minimum Gasteiger partial charge on any atom is -0.271 e. The zero-order chi connectivity index (χ0) is 6.10. The molecular formula is C7H8NO+. The molecule has 2 nitrogen and oxygen atoms in total. The van der Waals surface area contributed by atoms with Gasteiger partial charge in [-0.1, -0.05) is 0 Å². The number of fused-ring (bicyclic) bond motifs is 1. The number of rotatable bonds is 0. The Bertz CT molecular complexity index is 199. The summed E-state index contributed by atoms with van der Waals surface area (Å²) >= 11 is 0. The summed E-state index contributed by atoms with van der Waals surface area (Å²) in [5, 5.41) is 0. The predicted octanol–water partition coefficient (Wildman–Crippen LogP) is -0.0412. The number of pyridine rings is 1. The van der Waals surface area contributed by atoms with Crippen LogP contribution in [0.15, 0.2) is 24.4 Å². The summed E-state index contributed by atoms with van der Waals surface area (Å²) in [4.78, 5) is 5.22. The van der Waals surface area contributed by atoms with E-state index >= 15 is 0 Å². The fourth-order valence-electron chi connectivity index (χ4n) is 1.03. The van der Waals surface area contributed by atoms with E-state index in [1.807, 2.05) is 23.1 Å². The molecule has 1 aromatic rings. The van der Waals surface area contributed by atoms with E-state index in [-0.39, 0.29) is 0 Å². The zero-order valence-electron chi connectivity index (χ0n) is 5.08. The van der Waals surface area contributed by atoms with E-state index in [9.17, 15) is 0 Å². The van der Waals surface area contributed by atoms with Crippen LogP contribution in [0, 0.1) is 0 Å². The molecule has 0 fully saturated rings. The Labute approximate surface area is 53.7 Å². The molecule has 46 valence electrons. The molecule has 0 aliphatic carbocycles. The lowest BCUT2D eigenvalue weighted by Gasteiger charge is -1.84. The first-order chi connectivity index (χ1) is 4.47. The van der Waals surface area contributed by atoms with E-state index in [1.165, 1.54) is 5.69 Å². The Morgan fingerprint density at radius 1 is 1.44 bits per heavy atom. The lowest BCUT2D eigenvalue weighted by Crippen LogP contribution is -2.39. The summed E-state index contributed by atoms with van der Waals surface area (Å²) in [5.41, 5.74) is 1.26. The van der Waals surface area contributed by atoms with Gasteiger partial charge >= 0.3 is 0 Å². The van der Waals surface area contributed by atoms with Crippen LogP contribution in [-0.2, 0) is 6.42 Å². The number of hydrogen-bond donors (Lipinski definition) is 0. The Morgan fingerprint density at radius 3 is 3.33 bits per heavy atom. The van der Waals surface area contributed by atoms with Crippen molar-refractivity contribution in [1.29, 1.82) is 0 Å². The van der Waals surface area contributed by atoms with Crippen LogP contribution in [0.3, 0.4) is 0 Å². The first-order valence-electron chi connectivity index (χ1n) is 3.10. The molecule has 0 saturated carbocycles. The fraction of sp³-hybridized carbons (Fsp3) is 0.286. The van der Waals surface area contributed by atoms with Crippen LogP contribution >= 0.6 is 0 Å². The van der Waals surface area contributed by atoms with Gasteiger partial charge in [0.25, 0.3) is 0 Å². The van der Waals surface area contributed by atoms with Crippen LogP contribution in [0.1, 0.15) is 5.69 Å². The highest BCUT2D eigenvalue weighted by molar-refractivity contribution is 4.97. The van der Waals surface area contributed by atoms with Crippen molar-refractivity contribution in [2.75, 3.05) is 6.61 Å². The molecule has 0 spiro atoms. The molecule has 0 radical (unpaired) electrons. The monoisotopic (exact) mass is 122 g/mol. The molecule has 0 N–H and O–H groups in total. The van der Waals surface area contributed by atoms with E-state index < -0.39 is 0 Å². The molecule has 0 saturated heterocycles. The average molecular weight is 122 g/mol. The molecule has 1 aliphatic rings. The molecule has 2 rings (SSSR count). The Hall–Kier alpha value is -1.05. The van der Waals surface area contributed by atoms with Gasteiger partial charge in [-0.2, -0.15) is 0 Å². The summed E-state index contributed by atoms with van der Waals surface area (Å²) < 4.78 is 1.82. The van der Waals surface area contributed by atoms with Crippen LogP contribution in [-0.4, -0.2) is 6.61 Å². The topological polar surface area (TPSA) is 13.1 Å². The van der Waals surface area contributed by atoms with Crippen molar-refractivity contribution in [3.63, 3.8) is 0 Å². The molecule has 0 unspecified atom stereocenters. The van der Waals surface area contributed by atoms with Gasteiger partial charge in [0.15, 0.2) is 6.61 Å². The third-order valence-corrected chi connectivity index (χ3v) is 1.49. The predicted molar refractivity (Wildman–Crippen MR) is 31.8 cm³/mol. The summed E-state index contributed by atoms with van der Waals surface area (Å²) in [6.45, 7) is 0.823. The van der Waals surface area contributed by atoms with E-state index in [0.717, 1.165) is 13.0 Å². The largest absolute Gasteiger partial charge is 0.271 e. The second-order valence-electron chi connectivity index (χ2n) is 2.10. The smallest absolute Gasteiger partial charge is 0.238 e. The molecule has 2 heterocycles. The molecular weight excluding hydrogens is 114 g/mol. The quantitative estimate of drug-likeness (QED) is 0.440. The van der Waals surface area contributed by atoms with Gasteiger partial charge in [0.05, 0.1) is 6.42 Å². The Kier molecular flexibility index (Phi) is 0.918. The van der Waals surface area contributed by atoms with E-state index in [4.69, 9.17) is 4.84 Å². The van der Waals surface area contributed by atoms with Crippen LogP contribution < -0.4 is 9.57 Å². The molecule has 1 aromatic heterocycles. The zero-order valence-corrected chi connectivity index (χ0v) is 5.08. The molecule has 1 aliphatic heterocycles. The Balaban J connectivity index is 2.54. The van der Waals surface area contributed by atoms with Crippen LogP contribution in [0.25, 0.3) is 0 Å². The fourth-order valence-corrected chi connectivity index (χ4v) is 1.03. The number of nitrogens with zero attached hydrogens (tertiary/aromatic N) is 1. The molecule has 2 heteroatoms. The maximum Gasteiger partial charge on any atom is 0.238 e. The molecule has 0 atom stereocenters. The van der Waals surface area contributed by atoms with Crippen molar-refractivity contribution < 1.29 is 9.57 Å². The van der Waals surface area contributed by atoms with Gasteiger partial charge in [0.2, 0.25) is 11.9 Å². The highest BCUT2D eigenvalue weighted by Crippen LogP contribution is 1.95. The van der Waals surface area contributed by atoms with Gasteiger partial charge in [0, 0.05) is 16.9 Å². The lowest BCUT2D eigenvalue weighted by atomic mass is 10.3. The van der Waals surface area contributed by atoms with Crippen molar-refractivity contribution in [2.24, 2.45) is 0 Å². The van der Waals surface area contributed by atoms with Gasteiger partial charge in [-0.05, 0) is 6.07 Å². The van der Waals surface area contributed by atoms with E-state index in [0.29, 0.717) is 0 Å². The third-order valence-electron chi connectivity index (χ3n) is 1.49. The SMILES string of the molecule is c1cc[n+]2c(c1)CCO2. The van der Waals surface area contributed by atoms with Crippen molar-refractivity contribution >= 4 is 0 Å². The second-order valence-corrected chi connectivity index (χ2v) is 2.10. The summed E-state index contributed by atoms with van der Waals surface area (Å²) in [5.74, 6) is 0. The molecule has 9 heavy (non-hydrogen) atoms. The van der Waals surface area contributed by atoms with Crippen molar-refractivity contribution in [1.82, 2.24) is 0 Å². The number of aromatic nitrogens is 1. The van der Waals surface area contributed by atoms with Crippen molar-refractivity contribution in [3.05, 3.63) is 30.1 Å². The second kappa shape index (κ2) is 1.72. The van der Waals surface area contributed by atoms with Gasteiger partial charge in [-0.25, -0.2) is 0 Å². The maximum atomic E-state index is 5.22. The van der Waals surface area contributed by atoms with E-state index in [2.05, 4.69) is 6.07 Å². The summed E-state index contributed by atoms with van der Waals surface area (Å²) in [6.07, 6.45) is 2.98. The van der Waals surface area contributed by atoms with Crippen LogP contribution in [0.5, 0.6) is 0 Å². The molecule has 0 aromatic carbocycles. The first kappa shape index (κ1) is 4.79. The lowest BCUT2D eigenvalue weighted by molar-refractivity contribution is -0.881. The van der Waals surface area contributed by atoms with E-state index in [1.54, 1.807) is 0 Å². The van der Waals surface area contributed by atoms with Gasteiger partial charge in [-0.15, -0.1) is 0 Å². The third kappa shape index (κ3) is 0.669. The van der Waals surface area contributed by atoms with Gasteiger partial charge in [0.1, 0.15) is 0 Å². The van der Waals surface area contributed by atoms with Crippen molar-refractivity contribution in [2.45, 2.75) is 6.42 Å². The minimum atomic E-state index is 0.823. The van der Waals surface area contributed by atoms with Gasteiger partial charge < -0.3 is 0 Å². The normalized spacial score (nSPS) is 14.7.